The van der Waals surface area contributed by atoms with E-state index < -0.39 is 30.0 Å². The van der Waals surface area contributed by atoms with Crippen molar-refractivity contribution in [3.8, 4) is 0 Å². The molecule has 1 fully saturated rings. The zero-order valence-electron chi connectivity index (χ0n) is 12.1. The average molecular weight is 308 g/mol. The average Bonchev–Trinajstić information content (AvgIpc) is 2.47. The fourth-order valence-electron chi connectivity index (χ4n) is 2.87. The summed E-state index contributed by atoms with van der Waals surface area (Å²) in [5.74, 6) is -1.14. The van der Waals surface area contributed by atoms with Crippen LogP contribution < -0.4 is 5.32 Å². The van der Waals surface area contributed by atoms with Gasteiger partial charge in [0.15, 0.2) is 0 Å². The van der Waals surface area contributed by atoms with Crippen molar-refractivity contribution in [2.45, 2.75) is 32.0 Å². The number of hydrogen-bond donors (Lipinski definition) is 2. The van der Waals surface area contributed by atoms with Crippen molar-refractivity contribution in [3.63, 3.8) is 0 Å². The van der Waals surface area contributed by atoms with Crippen molar-refractivity contribution >= 4 is 17.7 Å². The van der Waals surface area contributed by atoms with Gasteiger partial charge in [-0.2, -0.15) is 0 Å². The highest BCUT2D eigenvalue weighted by molar-refractivity contribution is 5.97. The molecule has 0 saturated carbocycles. The molecule has 1 saturated heterocycles. The Kier molecular flexibility index (Phi) is 3.74. The van der Waals surface area contributed by atoms with Crippen LogP contribution in [0.1, 0.15) is 41.8 Å². The third kappa shape index (κ3) is 2.64. The molecule has 0 aromatic heterocycles. The van der Waals surface area contributed by atoms with Gasteiger partial charge in [-0.25, -0.2) is 9.18 Å². The van der Waals surface area contributed by atoms with E-state index in [2.05, 4.69) is 5.32 Å². The van der Waals surface area contributed by atoms with Gasteiger partial charge in [-0.1, -0.05) is 0 Å². The van der Waals surface area contributed by atoms with Crippen LogP contribution in [0, 0.1) is 5.82 Å². The molecular formula is C15H17FN2O4. The number of likely N-dealkylation sites (tertiary alicyclic amines) is 1. The zero-order chi connectivity index (χ0) is 15.9. The normalized spacial score (nSPS) is 24.3. The van der Waals surface area contributed by atoms with Gasteiger partial charge in [0.2, 0.25) is 0 Å². The maximum Gasteiger partial charge on any atom is 0.412 e. The number of carbonyl (C=O) groups excluding carboxylic acids is 2. The predicted molar refractivity (Wildman–Crippen MR) is 76.1 cm³/mol. The summed E-state index contributed by atoms with van der Waals surface area (Å²) in [6.07, 6.45) is -0.452. The molecule has 2 aliphatic heterocycles. The maximum absolute atomic E-state index is 14.3. The van der Waals surface area contributed by atoms with Crippen molar-refractivity contribution < 1.29 is 23.8 Å². The second-order valence-corrected chi connectivity index (χ2v) is 5.64. The fourth-order valence-corrected chi connectivity index (χ4v) is 2.87. The summed E-state index contributed by atoms with van der Waals surface area (Å²) in [6.45, 7) is 2.32. The number of β-amino-alcohol motifs (C(OH)–C–C–N with tert-alkyl or cyclic N) is 1. The van der Waals surface area contributed by atoms with E-state index in [-0.39, 0.29) is 12.1 Å². The summed E-state index contributed by atoms with van der Waals surface area (Å²) in [5.41, 5.74) is 0.764. The smallest absolute Gasteiger partial charge is 0.412 e. The summed E-state index contributed by atoms with van der Waals surface area (Å²) in [7, 11) is 0. The van der Waals surface area contributed by atoms with Crippen LogP contribution in [0.3, 0.4) is 0 Å². The van der Waals surface area contributed by atoms with Crippen LogP contribution in [-0.2, 0) is 4.74 Å². The molecule has 2 unspecified atom stereocenters. The van der Waals surface area contributed by atoms with Crippen LogP contribution in [-0.4, -0.2) is 41.2 Å². The zero-order valence-corrected chi connectivity index (χ0v) is 12.1. The Bertz CT molecular complexity index is 634. The molecule has 2 amide bonds. The van der Waals surface area contributed by atoms with Gasteiger partial charge >= 0.3 is 6.09 Å². The molecule has 118 valence electrons. The second kappa shape index (κ2) is 5.57. The van der Waals surface area contributed by atoms with E-state index in [9.17, 15) is 19.1 Å². The van der Waals surface area contributed by atoms with E-state index in [1.807, 2.05) is 0 Å². The molecular weight excluding hydrogens is 291 g/mol. The highest BCUT2D eigenvalue weighted by Crippen LogP contribution is 2.33. The lowest BCUT2D eigenvalue weighted by Gasteiger charge is -2.31. The SMILES string of the molecule is CC1OC(=O)Nc2cc(C(=O)N3CCCC(O)C3)c(F)cc21. The minimum absolute atomic E-state index is 0.109. The third-order valence-corrected chi connectivity index (χ3v) is 4.01. The number of nitrogens with zero attached hydrogens (tertiary/aromatic N) is 1. The van der Waals surface area contributed by atoms with E-state index in [1.54, 1.807) is 6.92 Å². The number of piperidine rings is 1. The van der Waals surface area contributed by atoms with E-state index in [1.165, 1.54) is 17.0 Å². The van der Waals surface area contributed by atoms with Crippen LogP contribution >= 0.6 is 0 Å². The predicted octanol–water partition coefficient (Wildman–Crippen LogP) is 2.05. The summed E-state index contributed by atoms with van der Waals surface area (Å²) >= 11 is 0. The Labute approximate surface area is 126 Å². The molecule has 3 rings (SSSR count). The molecule has 22 heavy (non-hydrogen) atoms. The van der Waals surface area contributed by atoms with E-state index >= 15 is 0 Å². The summed E-state index contributed by atoms with van der Waals surface area (Å²) < 4.78 is 19.2. The maximum atomic E-state index is 14.3. The number of benzene rings is 1. The molecule has 0 aliphatic carbocycles. The molecule has 6 nitrogen and oxygen atoms in total. The number of fused-ring (bicyclic) bond motifs is 1. The number of aliphatic hydroxyl groups excluding tert-OH is 1. The van der Waals surface area contributed by atoms with Crippen LogP contribution in [0.5, 0.6) is 0 Å². The number of carbonyl (C=O) groups is 2. The standard InChI is InChI=1S/C15H17FN2O4/c1-8-10-5-12(16)11(6-13(10)17-15(21)22-8)14(20)18-4-2-3-9(19)7-18/h5-6,8-9,19H,2-4,7H2,1H3,(H,17,21). The lowest BCUT2D eigenvalue weighted by atomic mass is 10.0. The van der Waals surface area contributed by atoms with Gasteiger partial charge in [0.1, 0.15) is 11.9 Å². The minimum atomic E-state index is -0.657. The lowest BCUT2D eigenvalue weighted by molar-refractivity contribution is 0.0469. The Hall–Kier alpha value is -2.15. The first-order valence-corrected chi connectivity index (χ1v) is 7.24. The van der Waals surface area contributed by atoms with Gasteiger partial charge in [-0.3, -0.25) is 10.1 Å². The van der Waals surface area contributed by atoms with Crippen LogP contribution in [0.15, 0.2) is 12.1 Å². The highest BCUT2D eigenvalue weighted by Gasteiger charge is 2.29. The Morgan fingerprint density at radius 2 is 2.27 bits per heavy atom. The van der Waals surface area contributed by atoms with Gasteiger partial charge in [0, 0.05) is 18.7 Å². The summed E-state index contributed by atoms with van der Waals surface area (Å²) in [6, 6.07) is 2.55. The first-order valence-electron chi connectivity index (χ1n) is 7.24. The monoisotopic (exact) mass is 308 g/mol. The van der Waals surface area contributed by atoms with Crippen molar-refractivity contribution in [2.24, 2.45) is 0 Å². The number of ether oxygens (including phenoxy) is 1. The molecule has 2 atom stereocenters. The fraction of sp³-hybridized carbons (Fsp3) is 0.467. The number of rotatable bonds is 1. The summed E-state index contributed by atoms with van der Waals surface area (Å²) in [4.78, 5) is 25.3. The van der Waals surface area contributed by atoms with Crippen molar-refractivity contribution in [1.82, 2.24) is 4.90 Å². The molecule has 1 aromatic rings. The number of aliphatic hydroxyl groups is 1. The van der Waals surface area contributed by atoms with Crippen LogP contribution in [0.25, 0.3) is 0 Å². The number of anilines is 1. The summed E-state index contributed by atoms with van der Waals surface area (Å²) in [5, 5.41) is 12.1. The number of nitrogens with one attached hydrogen (secondary N) is 1. The van der Waals surface area contributed by atoms with E-state index in [4.69, 9.17) is 4.74 Å². The van der Waals surface area contributed by atoms with Crippen molar-refractivity contribution in [3.05, 3.63) is 29.1 Å². The van der Waals surface area contributed by atoms with Gasteiger partial charge in [0.05, 0.1) is 17.4 Å². The first kappa shape index (κ1) is 14.8. The van der Waals surface area contributed by atoms with Crippen molar-refractivity contribution in [2.75, 3.05) is 18.4 Å². The van der Waals surface area contributed by atoms with Crippen molar-refractivity contribution in [1.29, 1.82) is 0 Å². The number of halogens is 1. The van der Waals surface area contributed by atoms with Gasteiger partial charge in [-0.15, -0.1) is 0 Å². The molecule has 0 bridgehead atoms. The highest BCUT2D eigenvalue weighted by atomic mass is 19.1. The largest absolute Gasteiger partial charge is 0.441 e. The molecule has 1 aromatic carbocycles. The van der Waals surface area contributed by atoms with E-state index in [0.29, 0.717) is 30.6 Å². The van der Waals surface area contributed by atoms with Gasteiger partial charge in [0.25, 0.3) is 5.91 Å². The molecule has 2 heterocycles. The number of hydrogen-bond acceptors (Lipinski definition) is 4. The molecule has 2 N–H and O–H groups in total. The Morgan fingerprint density at radius 1 is 1.50 bits per heavy atom. The lowest BCUT2D eigenvalue weighted by Crippen LogP contribution is -2.42. The van der Waals surface area contributed by atoms with Gasteiger partial charge in [-0.05, 0) is 31.9 Å². The molecule has 0 spiro atoms. The quantitative estimate of drug-likeness (QED) is 0.832. The van der Waals surface area contributed by atoms with Gasteiger partial charge < -0.3 is 14.7 Å². The number of cyclic esters (lactones) is 1. The topological polar surface area (TPSA) is 78.9 Å². The molecule has 0 radical (unpaired) electrons. The molecule has 7 heteroatoms. The first-order chi connectivity index (χ1) is 10.5. The Balaban J connectivity index is 1.92. The molecule has 2 aliphatic rings. The second-order valence-electron chi connectivity index (χ2n) is 5.64. The Morgan fingerprint density at radius 3 is 3.00 bits per heavy atom. The van der Waals surface area contributed by atoms with E-state index in [0.717, 1.165) is 0 Å². The van der Waals surface area contributed by atoms with Crippen LogP contribution in [0.2, 0.25) is 0 Å². The number of amides is 2. The van der Waals surface area contributed by atoms with Crippen LogP contribution in [0.4, 0.5) is 14.9 Å². The third-order valence-electron chi connectivity index (χ3n) is 4.01. The minimum Gasteiger partial charge on any atom is -0.441 e.